The molecule has 4 atom stereocenters. The van der Waals surface area contributed by atoms with E-state index in [0.717, 1.165) is 6.42 Å². The highest BCUT2D eigenvalue weighted by Gasteiger charge is 2.52. The smallest absolute Gasteiger partial charge is 0.103 e. The van der Waals surface area contributed by atoms with Gasteiger partial charge in [0.2, 0.25) is 0 Å². The summed E-state index contributed by atoms with van der Waals surface area (Å²) in [5.41, 5.74) is 22.2. The van der Waals surface area contributed by atoms with Gasteiger partial charge in [0.1, 0.15) is 6.04 Å². The largest absolute Gasteiger partial charge is 0.346 e. The molecule has 2 aliphatic carbocycles. The Morgan fingerprint density at radius 2 is 1.12 bits per heavy atom. The molecule has 7 aromatic carbocycles. The molecule has 0 saturated carbocycles. The van der Waals surface area contributed by atoms with Gasteiger partial charge in [-0.3, -0.25) is 0 Å². The third kappa shape index (κ3) is 4.35. The highest BCUT2D eigenvalue weighted by atomic mass is 15.4. The lowest BCUT2D eigenvalue weighted by Crippen LogP contribution is -2.26. The van der Waals surface area contributed by atoms with E-state index in [0.29, 0.717) is 5.92 Å². The zero-order valence-electron chi connectivity index (χ0n) is 28.6. The Kier molecular flexibility index (Phi) is 6.27. The van der Waals surface area contributed by atoms with Gasteiger partial charge in [0.05, 0.1) is 11.7 Å². The topological polar surface area (TPSA) is 3.01 Å². The van der Waals surface area contributed by atoms with Crippen LogP contribution in [0.25, 0.3) is 33.0 Å². The highest BCUT2D eigenvalue weighted by Crippen LogP contribution is 2.60. The molecule has 0 amide bonds. The predicted octanol–water partition coefficient (Wildman–Crippen LogP) is 12.2. The lowest BCUT2D eigenvalue weighted by molar-refractivity contribution is 0.304. The lowest BCUT2D eigenvalue weighted by Gasteiger charge is -2.37. The van der Waals surface area contributed by atoms with E-state index in [4.69, 9.17) is 0 Å². The van der Waals surface area contributed by atoms with Crippen molar-refractivity contribution >= 4 is 10.8 Å². The first-order chi connectivity index (χ1) is 25.2. The summed E-state index contributed by atoms with van der Waals surface area (Å²) in [6.07, 6.45) is 0.985. The summed E-state index contributed by atoms with van der Waals surface area (Å²) in [5.74, 6) is 0.771. The van der Waals surface area contributed by atoms with Crippen LogP contribution in [0.1, 0.15) is 69.8 Å². The molecule has 0 aromatic heterocycles. The Balaban J connectivity index is 1.11. The minimum absolute atomic E-state index is 0.219. The van der Waals surface area contributed by atoms with Gasteiger partial charge >= 0.3 is 0 Å². The monoisotopic (exact) mass is 651 g/mol. The second-order valence-corrected chi connectivity index (χ2v) is 14.9. The van der Waals surface area contributed by atoms with Crippen LogP contribution in [0.2, 0.25) is 0 Å². The maximum absolute atomic E-state index is 4.12. The Morgan fingerprint density at radius 1 is 0.510 bits per heavy atom. The van der Waals surface area contributed by atoms with Crippen molar-refractivity contribution < 1.29 is 0 Å². The molecular weight excluding hydrogens is 615 g/mol. The van der Waals surface area contributed by atoms with E-state index in [1.807, 2.05) is 0 Å². The Morgan fingerprint density at radius 3 is 1.82 bits per heavy atom. The van der Waals surface area contributed by atoms with Crippen LogP contribution in [0, 0.1) is 5.92 Å². The van der Waals surface area contributed by atoms with Gasteiger partial charge in [-0.25, -0.2) is 0 Å². The van der Waals surface area contributed by atoms with Crippen molar-refractivity contribution in [3.05, 3.63) is 220 Å². The van der Waals surface area contributed by atoms with Gasteiger partial charge in [-0.1, -0.05) is 164 Å². The first kappa shape index (κ1) is 28.9. The second-order valence-electron chi connectivity index (χ2n) is 14.9. The van der Waals surface area contributed by atoms with Gasteiger partial charge in [-0.15, -0.1) is 0 Å². The average Bonchev–Trinajstić information content (AvgIpc) is 3.81. The van der Waals surface area contributed by atoms with E-state index < -0.39 is 0 Å². The van der Waals surface area contributed by atoms with Crippen molar-refractivity contribution in [3.8, 4) is 22.3 Å². The van der Waals surface area contributed by atoms with E-state index >= 15 is 0 Å². The molecule has 0 bridgehead atoms. The van der Waals surface area contributed by atoms with Crippen molar-refractivity contribution in [2.45, 2.75) is 37.3 Å². The maximum Gasteiger partial charge on any atom is 0.103 e. The van der Waals surface area contributed by atoms with Crippen LogP contribution >= 0.6 is 0 Å². The zero-order valence-corrected chi connectivity index (χ0v) is 28.6. The van der Waals surface area contributed by atoms with Crippen molar-refractivity contribution in [1.29, 1.82) is 0 Å². The Hall–Kier alpha value is -5.88. The molecule has 242 valence electrons. The molecule has 4 aliphatic rings. The van der Waals surface area contributed by atoms with E-state index in [-0.39, 0.29) is 23.9 Å². The van der Waals surface area contributed by atoms with E-state index in [1.54, 1.807) is 0 Å². The quantitative estimate of drug-likeness (QED) is 0.135. The molecule has 0 N–H and O–H groups in total. The summed E-state index contributed by atoms with van der Waals surface area (Å²) in [6, 6.07) is 62.0. The molecule has 1 heteroatoms. The van der Waals surface area contributed by atoms with Gasteiger partial charge < -0.3 is 4.90 Å². The van der Waals surface area contributed by atoms with Crippen LogP contribution in [-0.2, 0) is 6.42 Å². The lowest BCUT2D eigenvalue weighted by atomic mass is 9.69. The Bertz CT molecular complexity index is 2540. The summed E-state index contributed by atoms with van der Waals surface area (Å²) in [6.45, 7) is 2.45. The summed E-state index contributed by atoms with van der Waals surface area (Å²) >= 11 is 0. The van der Waals surface area contributed by atoms with E-state index in [2.05, 4.69) is 181 Å². The zero-order chi connectivity index (χ0) is 33.6. The van der Waals surface area contributed by atoms with Crippen molar-refractivity contribution in [3.63, 3.8) is 0 Å². The van der Waals surface area contributed by atoms with E-state index in [9.17, 15) is 0 Å². The van der Waals surface area contributed by atoms with Crippen molar-refractivity contribution in [2.75, 3.05) is 0 Å². The van der Waals surface area contributed by atoms with Crippen LogP contribution in [0.15, 0.2) is 181 Å². The number of fused-ring (bicyclic) bond motifs is 8. The summed E-state index contributed by atoms with van der Waals surface area (Å²) in [7, 11) is 0. The number of hydrogen-bond acceptors (Lipinski definition) is 1. The molecule has 7 aromatic rings. The highest BCUT2D eigenvalue weighted by molar-refractivity contribution is 5.91. The molecule has 11 rings (SSSR count). The number of benzene rings is 7. The normalized spacial score (nSPS) is 21.2. The molecule has 1 nitrogen and oxygen atoms in total. The fourth-order valence-corrected chi connectivity index (χ4v) is 9.90. The molecule has 1 saturated heterocycles. The molecule has 2 heterocycles. The average molecular weight is 652 g/mol. The van der Waals surface area contributed by atoms with Gasteiger partial charge in [0, 0.05) is 17.8 Å². The van der Waals surface area contributed by atoms with Gasteiger partial charge in [0.15, 0.2) is 0 Å². The molecule has 0 spiro atoms. The molecule has 1 fully saturated rings. The SMILES string of the molecule is CC1C(C2Cc3cc4ccccc4cc3-c3cc(C4c5ccccc5-c5ccccc54)ccc32)=C=C2C(c3ccccc3)N2C1c1ccccc1. The van der Waals surface area contributed by atoms with Crippen LogP contribution in [0.5, 0.6) is 0 Å². The minimum Gasteiger partial charge on any atom is -0.346 e. The number of rotatable bonds is 4. The van der Waals surface area contributed by atoms with E-state index in [1.165, 1.54) is 83.2 Å². The fourth-order valence-electron chi connectivity index (χ4n) is 9.90. The second kappa shape index (κ2) is 11.1. The van der Waals surface area contributed by atoms with Crippen LogP contribution in [0.3, 0.4) is 0 Å². The molecule has 4 unspecified atom stereocenters. The minimum atomic E-state index is 0.219. The standard InChI is InChI=1S/C50H37N/c1-31-43(30-47-50(33-16-6-3-7-17-33)51(47)49(31)32-14-4-2-5-15-32)45-29-37-26-34-18-8-9-19-35(34)27-44(37)46-28-36(24-25-40(45)46)48-41-22-12-10-20-38(41)39-21-11-13-23-42(39)48/h2-28,31,45,48-50H,29H2,1H3. The van der Waals surface area contributed by atoms with Crippen LogP contribution in [0.4, 0.5) is 0 Å². The Labute approximate surface area is 299 Å². The first-order valence-electron chi connectivity index (χ1n) is 18.5. The molecule has 51 heavy (non-hydrogen) atoms. The first-order valence-corrected chi connectivity index (χ1v) is 18.5. The van der Waals surface area contributed by atoms with Crippen molar-refractivity contribution in [2.24, 2.45) is 5.92 Å². The molecular formula is C50H37N. The summed E-state index contributed by atoms with van der Waals surface area (Å²) in [4.78, 5) is 2.63. The predicted molar refractivity (Wildman–Crippen MR) is 209 cm³/mol. The third-order valence-electron chi connectivity index (χ3n) is 12.2. The molecule has 2 aliphatic heterocycles. The van der Waals surface area contributed by atoms with Gasteiger partial charge in [-0.2, -0.15) is 0 Å². The molecule has 0 radical (unpaired) electrons. The van der Waals surface area contributed by atoms with Crippen LogP contribution < -0.4 is 0 Å². The summed E-state index contributed by atoms with van der Waals surface area (Å²) in [5, 5.41) is 2.62. The third-order valence-corrected chi connectivity index (χ3v) is 12.2. The van der Waals surface area contributed by atoms with Gasteiger partial charge in [0.25, 0.3) is 0 Å². The number of hydrogen-bond donors (Lipinski definition) is 0. The fraction of sp³-hybridized carbons (Fsp3) is 0.140. The van der Waals surface area contributed by atoms with Crippen LogP contribution in [-0.4, -0.2) is 4.90 Å². The number of nitrogens with zero attached hydrogens (tertiary/aromatic N) is 1. The summed E-state index contributed by atoms with van der Waals surface area (Å²) < 4.78 is 0. The van der Waals surface area contributed by atoms with Gasteiger partial charge in [-0.05, 0) is 96.1 Å². The van der Waals surface area contributed by atoms with Crippen molar-refractivity contribution in [1.82, 2.24) is 4.90 Å². The maximum atomic E-state index is 4.12.